The lowest BCUT2D eigenvalue weighted by molar-refractivity contribution is 0.669. The Balaban J connectivity index is 1.18. The number of halogens is 1. The van der Waals surface area contributed by atoms with Gasteiger partial charge in [-0.25, -0.2) is 15.0 Å². The lowest BCUT2D eigenvalue weighted by Gasteiger charge is -2.12. The predicted molar refractivity (Wildman–Crippen MR) is 218 cm³/mol. The average molecular weight is 699 g/mol. The zero-order valence-corrected chi connectivity index (χ0v) is 28.9. The largest absolute Gasteiger partial charge is 0.456 e. The third-order valence-corrected chi connectivity index (χ3v) is 10.5. The van der Waals surface area contributed by atoms with Crippen LogP contribution in [0.1, 0.15) is 0 Å². The smallest absolute Gasteiger partial charge is 0.164 e. The van der Waals surface area contributed by atoms with Crippen molar-refractivity contribution in [1.82, 2.24) is 19.5 Å². The van der Waals surface area contributed by atoms with E-state index in [-0.39, 0.29) is 0 Å². The van der Waals surface area contributed by atoms with Gasteiger partial charge in [0.1, 0.15) is 11.2 Å². The van der Waals surface area contributed by atoms with Crippen molar-refractivity contribution in [2.75, 3.05) is 0 Å². The first kappa shape index (κ1) is 29.9. The summed E-state index contributed by atoms with van der Waals surface area (Å²) in [7, 11) is 0. The predicted octanol–water partition coefficient (Wildman–Crippen LogP) is 12.8. The number of rotatable bonds is 4. The molecule has 0 unspecified atom stereocenters. The molecule has 11 aromatic rings. The van der Waals surface area contributed by atoms with Gasteiger partial charge in [-0.3, -0.25) is 0 Å². The van der Waals surface area contributed by atoms with Crippen molar-refractivity contribution in [3.8, 4) is 39.9 Å². The molecule has 0 aliphatic heterocycles. The van der Waals surface area contributed by atoms with Gasteiger partial charge >= 0.3 is 0 Å². The Kier molecular flexibility index (Phi) is 6.54. The second-order valence-corrected chi connectivity index (χ2v) is 13.8. The van der Waals surface area contributed by atoms with Crippen LogP contribution in [0.25, 0.3) is 105 Å². The van der Waals surface area contributed by atoms with E-state index in [9.17, 15) is 0 Å². The summed E-state index contributed by atoms with van der Waals surface area (Å²) in [5.41, 5.74) is 7.67. The van der Waals surface area contributed by atoms with Gasteiger partial charge in [0.2, 0.25) is 0 Å². The Morgan fingerprint density at radius 2 is 1.09 bits per heavy atom. The molecule has 0 bridgehead atoms. The number of fused-ring (bicyclic) bond motifs is 9. The van der Waals surface area contributed by atoms with E-state index in [1.54, 1.807) is 0 Å². The number of hydrogen-bond donors (Lipinski definition) is 0. The van der Waals surface area contributed by atoms with E-state index in [1.807, 2.05) is 30.3 Å². The molecule has 0 aliphatic rings. The zero-order valence-electron chi connectivity index (χ0n) is 28.2. The second-order valence-electron chi connectivity index (χ2n) is 13.4. The first-order valence-corrected chi connectivity index (χ1v) is 17.9. The van der Waals surface area contributed by atoms with Crippen LogP contribution in [0.5, 0.6) is 0 Å². The summed E-state index contributed by atoms with van der Waals surface area (Å²) in [6.45, 7) is 0. The summed E-state index contributed by atoms with van der Waals surface area (Å²) in [5.74, 6) is 1.80. The Bertz CT molecular complexity index is 3250. The summed E-state index contributed by atoms with van der Waals surface area (Å²) in [6.07, 6.45) is 0. The summed E-state index contributed by atoms with van der Waals surface area (Å²) in [6, 6.07) is 56.4. The van der Waals surface area contributed by atoms with Crippen LogP contribution in [0.4, 0.5) is 0 Å². The standard InChI is InChI=1S/C47H27ClN4O/c48-32-21-24-42-39(27-32)44-38-25-30(18-17-29(38)20-23-43(44)53-42)45-49-46(51-47(50-45)37-15-8-10-28-9-4-5-13-34(28)37)31-19-22-36-35-14-6-7-16-40(35)52(41(36)26-31)33-11-2-1-3-12-33/h1-27H. The van der Waals surface area contributed by atoms with Crippen molar-refractivity contribution in [2.24, 2.45) is 0 Å². The van der Waals surface area contributed by atoms with E-state index >= 15 is 0 Å². The Morgan fingerprint density at radius 3 is 1.98 bits per heavy atom. The van der Waals surface area contributed by atoms with Gasteiger partial charge in [-0.15, -0.1) is 0 Å². The highest BCUT2D eigenvalue weighted by atomic mass is 35.5. The number of aromatic nitrogens is 4. The molecule has 0 radical (unpaired) electrons. The third kappa shape index (κ3) is 4.75. The third-order valence-electron chi connectivity index (χ3n) is 10.3. The summed E-state index contributed by atoms with van der Waals surface area (Å²) in [5, 5.41) is 9.37. The SMILES string of the molecule is Clc1ccc2oc3ccc4ccc(-c5nc(-c6ccc7c8ccccc8n(-c8ccccc8)c7c6)nc(-c6cccc7ccccc67)n5)cc4c3c2c1. The fraction of sp³-hybridized carbons (Fsp3) is 0. The minimum absolute atomic E-state index is 0.589. The van der Waals surface area contributed by atoms with Gasteiger partial charge in [0.15, 0.2) is 17.5 Å². The minimum atomic E-state index is 0.589. The number of para-hydroxylation sites is 2. The molecule has 0 amide bonds. The number of hydrogen-bond acceptors (Lipinski definition) is 4. The summed E-state index contributed by atoms with van der Waals surface area (Å²) < 4.78 is 8.57. The molecule has 3 aromatic heterocycles. The van der Waals surface area contributed by atoms with Crippen LogP contribution in [-0.2, 0) is 0 Å². The van der Waals surface area contributed by atoms with E-state index < -0.39 is 0 Å². The van der Waals surface area contributed by atoms with Crippen molar-refractivity contribution in [2.45, 2.75) is 0 Å². The highest BCUT2D eigenvalue weighted by Gasteiger charge is 2.19. The maximum Gasteiger partial charge on any atom is 0.164 e. The molecule has 0 N–H and O–H groups in total. The number of benzene rings is 8. The maximum atomic E-state index is 6.48. The average Bonchev–Trinajstić information content (AvgIpc) is 3.76. The molecule has 0 spiro atoms. The zero-order chi connectivity index (χ0) is 35.0. The van der Waals surface area contributed by atoms with E-state index in [0.29, 0.717) is 22.5 Å². The maximum absolute atomic E-state index is 6.48. The topological polar surface area (TPSA) is 56.7 Å². The lowest BCUT2D eigenvalue weighted by Crippen LogP contribution is -2.01. The second kappa shape index (κ2) is 11.6. The molecule has 248 valence electrons. The van der Waals surface area contributed by atoms with Crippen LogP contribution < -0.4 is 0 Å². The van der Waals surface area contributed by atoms with E-state index in [4.69, 9.17) is 31.0 Å². The van der Waals surface area contributed by atoms with Crippen molar-refractivity contribution >= 4 is 76.9 Å². The van der Waals surface area contributed by atoms with Gasteiger partial charge in [-0.2, -0.15) is 0 Å². The summed E-state index contributed by atoms with van der Waals surface area (Å²) >= 11 is 6.48. The molecular formula is C47H27ClN4O. The fourth-order valence-corrected chi connectivity index (χ4v) is 8.02. The van der Waals surface area contributed by atoms with Crippen LogP contribution in [0.2, 0.25) is 5.02 Å². The quantitative estimate of drug-likeness (QED) is 0.184. The molecule has 0 saturated heterocycles. The van der Waals surface area contributed by atoms with E-state index in [2.05, 4.69) is 138 Å². The first-order chi connectivity index (χ1) is 26.2. The van der Waals surface area contributed by atoms with Crippen LogP contribution in [0, 0.1) is 0 Å². The van der Waals surface area contributed by atoms with Crippen molar-refractivity contribution in [1.29, 1.82) is 0 Å². The molecule has 0 atom stereocenters. The number of nitrogens with zero attached hydrogens (tertiary/aromatic N) is 4. The lowest BCUT2D eigenvalue weighted by atomic mass is 10.0. The molecule has 0 aliphatic carbocycles. The van der Waals surface area contributed by atoms with Gasteiger partial charge in [0.05, 0.1) is 11.0 Å². The molecule has 3 heterocycles. The van der Waals surface area contributed by atoms with Gasteiger partial charge in [-0.1, -0.05) is 121 Å². The Labute approximate surface area is 308 Å². The van der Waals surface area contributed by atoms with Crippen molar-refractivity contribution in [3.05, 3.63) is 169 Å². The number of furan rings is 1. The van der Waals surface area contributed by atoms with Crippen LogP contribution >= 0.6 is 11.6 Å². The Morgan fingerprint density at radius 1 is 0.434 bits per heavy atom. The van der Waals surface area contributed by atoms with Gasteiger partial charge < -0.3 is 8.98 Å². The molecule has 11 rings (SSSR count). The molecule has 6 heteroatoms. The summed E-state index contributed by atoms with van der Waals surface area (Å²) in [4.78, 5) is 15.6. The van der Waals surface area contributed by atoms with Crippen molar-refractivity contribution < 1.29 is 4.42 Å². The molecular weight excluding hydrogens is 672 g/mol. The van der Waals surface area contributed by atoms with Crippen LogP contribution in [0.15, 0.2) is 168 Å². The highest BCUT2D eigenvalue weighted by molar-refractivity contribution is 6.32. The van der Waals surface area contributed by atoms with Crippen LogP contribution in [-0.4, -0.2) is 19.5 Å². The highest BCUT2D eigenvalue weighted by Crippen LogP contribution is 2.39. The first-order valence-electron chi connectivity index (χ1n) is 17.5. The molecule has 0 saturated carbocycles. The Hall–Kier alpha value is -6.82. The van der Waals surface area contributed by atoms with Crippen molar-refractivity contribution in [3.63, 3.8) is 0 Å². The van der Waals surface area contributed by atoms with E-state index in [1.165, 1.54) is 10.8 Å². The fourth-order valence-electron chi connectivity index (χ4n) is 7.85. The van der Waals surface area contributed by atoms with Crippen LogP contribution in [0.3, 0.4) is 0 Å². The van der Waals surface area contributed by atoms with E-state index in [0.717, 1.165) is 76.9 Å². The van der Waals surface area contributed by atoms with Gasteiger partial charge in [0, 0.05) is 48.9 Å². The molecule has 53 heavy (non-hydrogen) atoms. The van der Waals surface area contributed by atoms with Gasteiger partial charge in [0.25, 0.3) is 0 Å². The molecule has 8 aromatic carbocycles. The molecule has 5 nitrogen and oxygen atoms in total. The van der Waals surface area contributed by atoms with Gasteiger partial charge in [-0.05, 0) is 76.1 Å². The molecule has 0 fully saturated rings. The normalized spacial score (nSPS) is 11.9. The monoisotopic (exact) mass is 698 g/mol. The minimum Gasteiger partial charge on any atom is -0.456 e.